The minimum Gasteiger partial charge on any atom is -0.444 e. The molecule has 1 N–H and O–H groups in total. The zero-order valence-electron chi connectivity index (χ0n) is 25.9. The predicted molar refractivity (Wildman–Crippen MR) is 164 cm³/mol. The largest absolute Gasteiger partial charge is 0.444 e. The van der Waals surface area contributed by atoms with Crippen LogP contribution in [0.1, 0.15) is 69.4 Å². The molecule has 0 spiro atoms. The van der Waals surface area contributed by atoms with Crippen LogP contribution >= 0.6 is 0 Å². The molecular formula is C31H40N8O5. The van der Waals surface area contributed by atoms with Crippen molar-refractivity contribution >= 4 is 46.4 Å². The smallest absolute Gasteiger partial charge is 0.411 e. The van der Waals surface area contributed by atoms with Crippen LogP contribution in [0.15, 0.2) is 30.6 Å². The van der Waals surface area contributed by atoms with Crippen LogP contribution in [0.2, 0.25) is 0 Å². The Morgan fingerprint density at radius 2 is 1.80 bits per heavy atom. The van der Waals surface area contributed by atoms with Gasteiger partial charge in [-0.05, 0) is 51.8 Å². The number of amides is 3. The van der Waals surface area contributed by atoms with Gasteiger partial charge in [0.15, 0.2) is 0 Å². The third-order valence-electron chi connectivity index (χ3n) is 8.31. The van der Waals surface area contributed by atoms with E-state index in [0.29, 0.717) is 35.4 Å². The molecular weight excluding hydrogens is 564 g/mol. The molecule has 5 heterocycles. The van der Waals surface area contributed by atoms with Crippen molar-refractivity contribution in [3.8, 4) is 0 Å². The number of aromatic nitrogens is 4. The Hall–Kier alpha value is -4.26. The topological polar surface area (TPSA) is 135 Å². The summed E-state index contributed by atoms with van der Waals surface area (Å²) >= 11 is 0. The van der Waals surface area contributed by atoms with E-state index in [9.17, 15) is 14.4 Å². The molecule has 3 amide bonds. The summed E-state index contributed by atoms with van der Waals surface area (Å²) < 4.78 is 13.5. The zero-order chi connectivity index (χ0) is 31.2. The van der Waals surface area contributed by atoms with Crippen molar-refractivity contribution in [1.29, 1.82) is 0 Å². The van der Waals surface area contributed by atoms with Crippen LogP contribution in [-0.4, -0.2) is 98.8 Å². The monoisotopic (exact) mass is 604 g/mol. The first-order valence-electron chi connectivity index (χ1n) is 15.2. The van der Waals surface area contributed by atoms with Gasteiger partial charge in [-0.2, -0.15) is 4.98 Å². The average Bonchev–Trinajstić information content (AvgIpc) is 3.61. The molecule has 2 aliphatic heterocycles. The van der Waals surface area contributed by atoms with Crippen molar-refractivity contribution in [2.75, 3.05) is 44.1 Å². The van der Waals surface area contributed by atoms with E-state index in [1.54, 1.807) is 47.3 Å². The molecule has 6 rings (SSSR count). The Labute approximate surface area is 256 Å². The number of anilines is 3. The third kappa shape index (κ3) is 5.92. The van der Waals surface area contributed by atoms with E-state index < -0.39 is 17.7 Å². The van der Waals surface area contributed by atoms with E-state index in [0.717, 1.165) is 31.1 Å². The Bertz CT molecular complexity index is 1560. The number of nitrogens with zero attached hydrogens (tertiary/aromatic N) is 7. The van der Waals surface area contributed by atoms with E-state index >= 15 is 0 Å². The van der Waals surface area contributed by atoms with Gasteiger partial charge >= 0.3 is 6.09 Å². The van der Waals surface area contributed by atoms with Gasteiger partial charge in [-0.15, -0.1) is 0 Å². The lowest BCUT2D eigenvalue weighted by atomic mass is 10.1. The van der Waals surface area contributed by atoms with Crippen LogP contribution in [0.25, 0.3) is 11.0 Å². The van der Waals surface area contributed by atoms with E-state index in [-0.39, 0.29) is 43.5 Å². The average molecular weight is 605 g/mol. The molecule has 3 aromatic rings. The van der Waals surface area contributed by atoms with Crippen LogP contribution in [0.5, 0.6) is 0 Å². The van der Waals surface area contributed by atoms with Crippen LogP contribution < -0.4 is 10.2 Å². The highest BCUT2D eigenvalue weighted by atomic mass is 16.6. The number of hydrogen-bond donors (Lipinski definition) is 1. The minimum atomic E-state index is -0.644. The SMILES string of the molecule is CN(C)C(=O)c1cc2cnc(Nc3ccc(N4CC5COCC(CC4=O)N5C(=O)OC(C)(C)C)cn3)nc2n1C1CCCC1. The minimum absolute atomic E-state index is 0.0607. The highest BCUT2D eigenvalue weighted by molar-refractivity contribution is 5.98. The summed E-state index contributed by atoms with van der Waals surface area (Å²) in [6.45, 7) is 6.36. The van der Waals surface area contributed by atoms with Gasteiger partial charge in [0.05, 0.1) is 37.2 Å². The first kappa shape index (κ1) is 29.8. The third-order valence-corrected chi connectivity index (χ3v) is 8.31. The number of hydrogen-bond acceptors (Lipinski definition) is 9. The van der Waals surface area contributed by atoms with Gasteiger partial charge in [0.25, 0.3) is 5.91 Å². The van der Waals surface area contributed by atoms with Crippen molar-refractivity contribution < 1.29 is 23.9 Å². The fraction of sp³-hybridized carbons (Fsp3) is 0.548. The summed E-state index contributed by atoms with van der Waals surface area (Å²) in [6.07, 6.45) is 7.31. The Kier molecular flexibility index (Phi) is 7.91. The summed E-state index contributed by atoms with van der Waals surface area (Å²) in [7, 11) is 3.51. The number of ether oxygens (including phenoxy) is 2. The second-order valence-corrected chi connectivity index (χ2v) is 13.0. The fourth-order valence-corrected chi connectivity index (χ4v) is 6.31. The second kappa shape index (κ2) is 11.7. The molecule has 2 bridgehead atoms. The van der Waals surface area contributed by atoms with E-state index in [2.05, 4.69) is 19.9 Å². The van der Waals surface area contributed by atoms with E-state index in [4.69, 9.17) is 14.5 Å². The maximum absolute atomic E-state index is 13.3. The van der Waals surface area contributed by atoms with Gasteiger partial charge < -0.3 is 29.2 Å². The molecule has 1 aliphatic carbocycles. The van der Waals surface area contributed by atoms with Crippen molar-refractivity contribution in [1.82, 2.24) is 29.3 Å². The van der Waals surface area contributed by atoms with E-state index in [1.165, 1.54) is 0 Å². The summed E-state index contributed by atoms with van der Waals surface area (Å²) in [5, 5.41) is 3.99. The number of morpholine rings is 1. The van der Waals surface area contributed by atoms with Crippen LogP contribution in [-0.2, 0) is 14.3 Å². The lowest BCUT2D eigenvalue weighted by Crippen LogP contribution is -2.57. The van der Waals surface area contributed by atoms with Crippen LogP contribution in [0, 0.1) is 0 Å². The maximum Gasteiger partial charge on any atom is 0.411 e. The van der Waals surface area contributed by atoms with Gasteiger partial charge in [0.1, 0.15) is 22.8 Å². The second-order valence-electron chi connectivity index (χ2n) is 13.0. The van der Waals surface area contributed by atoms with Crippen molar-refractivity contribution in [3.63, 3.8) is 0 Å². The number of nitrogens with one attached hydrogen (secondary N) is 1. The zero-order valence-corrected chi connectivity index (χ0v) is 25.9. The van der Waals surface area contributed by atoms with Crippen molar-refractivity contribution in [3.05, 3.63) is 36.3 Å². The standard InChI is InChI=1S/C31H40N8O5/c1-31(2,3)44-30(42)38-22-13-26(40)37(16-23(38)18-43-17-22)21-10-11-25(32-15-21)34-29-33-14-19-12-24(28(41)36(4)5)39(27(19)35-29)20-8-6-7-9-20/h10-12,14-15,20,22-23H,6-9,13,16-18H2,1-5H3,(H,32,33,34,35). The summed E-state index contributed by atoms with van der Waals surface area (Å²) in [4.78, 5) is 58.2. The summed E-state index contributed by atoms with van der Waals surface area (Å²) in [5.41, 5.74) is 1.31. The Balaban J connectivity index is 1.22. The molecule has 44 heavy (non-hydrogen) atoms. The summed E-state index contributed by atoms with van der Waals surface area (Å²) in [6, 6.07) is 4.94. The predicted octanol–water partition coefficient (Wildman–Crippen LogP) is 4.13. The molecule has 1 saturated carbocycles. The molecule has 0 radical (unpaired) electrons. The highest BCUT2D eigenvalue weighted by Crippen LogP contribution is 2.35. The molecule has 13 nitrogen and oxygen atoms in total. The van der Waals surface area contributed by atoms with Gasteiger partial charge in [-0.1, -0.05) is 12.8 Å². The first-order chi connectivity index (χ1) is 21.0. The lowest BCUT2D eigenvalue weighted by Gasteiger charge is -2.40. The molecule has 3 fully saturated rings. The quantitative estimate of drug-likeness (QED) is 0.456. The summed E-state index contributed by atoms with van der Waals surface area (Å²) in [5.74, 6) is 0.707. The molecule has 2 atom stereocenters. The first-order valence-corrected chi connectivity index (χ1v) is 15.2. The number of pyridine rings is 1. The van der Waals surface area contributed by atoms with Crippen LogP contribution in [0.3, 0.4) is 0 Å². The number of carbonyl (C=O) groups is 3. The van der Waals surface area contributed by atoms with E-state index in [1.807, 2.05) is 32.9 Å². The van der Waals surface area contributed by atoms with Crippen molar-refractivity contribution in [2.24, 2.45) is 0 Å². The van der Waals surface area contributed by atoms with Crippen molar-refractivity contribution in [2.45, 2.75) is 76.6 Å². The lowest BCUT2D eigenvalue weighted by molar-refractivity contribution is -0.119. The fourth-order valence-electron chi connectivity index (χ4n) is 6.31. The molecule has 234 valence electrons. The highest BCUT2D eigenvalue weighted by Gasteiger charge is 2.43. The molecule has 0 aromatic carbocycles. The number of fused-ring (bicyclic) bond motifs is 3. The number of rotatable bonds is 5. The molecule has 3 aliphatic rings. The normalized spacial score (nSPS) is 21.0. The van der Waals surface area contributed by atoms with Crippen LogP contribution in [0.4, 0.5) is 22.2 Å². The Morgan fingerprint density at radius 3 is 2.48 bits per heavy atom. The Morgan fingerprint density at radius 1 is 1.05 bits per heavy atom. The number of carbonyl (C=O) groups excluding carboxylic acids is 3. The van der Waals surface area contributed by atoms with Gasteiger partial charge in [0, 0.05) is 44.7 Å². The molecule has 2 saturated heterocycles. The van der Waals surface area contributed by atoms with Gasteiger partial charge in [-0.25, -0.2) is 14.8 Å². The molecule has 3 aromatic heterocycles. The molecule has 13 heteroatoms. The maximum atomic E-state index is 13.3. The van der Waals surface area contributed by atoms with Gasteiger partial charge in [-0.3, -0.25) is 14.5 Å². The molecule has 2 unspecified atom stereocenters. The van der Waals surface area contributed by atoms with Gasteiger partial charge in [0.2, 0.25) is 11.9 Å².